The molecule has 0 spiro atoms. The van der Waals surface area contributed by atoms with E-state index >= 15 is 0 Å². The van der Waals surface area contributed by atoms with E-state index < -0.39 is 10.0 Å². The molecule has 1 heterocycles. The molecule has 0 aromatic heterocycles. The molecular weight excluding hydrogens is 288 g/mol. The van der Waals surface area contributed by atoms with Crippen LogP contribution in [-0.2, 0) is 14.8 Å². The quantitative estimate of drug-likeness (QED) is 0.880. The van der Waals surface area contributed by atoms with Crippen molar-refractivity contribution in [3.8, 4) is 0 Å². The number of hydrogen-bond acceptors (Lipinski definition) is 4. The molecule has 0 unspecified atom stereocenters. The van der Waals surface area contributed by atoms with Crippen molar-refractivity contribution in [2.24, 2.45) is 0 Å². The lowest BCUT2D eigenvalue weighted by molar-refractivity contribution is 0.0390. The molecule has 0 amide bonds. The molecule has 5 nitrogen and oxygen atoms in total. The van der Waals surface area contributed by atoms with Crippen LogP contribution in [0.2, 0.25) is 5.02 Å². The molecule has 1 aliphatic rings. The van der Waals surface area contributed by atoms with Crippen molar-refractivity contribution in [1.29, 1.82) is 0 Å². The summed E-state index contributed by atoms with van der Waals surface area (Å²) in [7, 11) is -3.53. The van der Waals surface area contributed by atoms with E-state index in [9.17, 15) is 8.42 Å². The molecule has 0 atom stereocenters. The maximum Gasteiger partial charge on any atom is 0.242 e. The monoisotopic (exact) mass is 304 g/mol. The molecule has 19 heavy (non-hydrogen) atoms. The Morgan fingerprint density at radius 3 is 2.63 bits per heavy atom. The number of nitrogens with one attached hydrogen (secondary N) is 1. The van der Waals surface area contributed by atoms with E-state index in [1.807, 2.05) is 0 Å². The Morgan fingerprint density at radius 1 is 1.26 bits per heavy atom. The number of rotatable bonds is 5. The second-order valence-electron chi connectivity index (χ2n) is 4.28. The minimum absolute atomic E-state index is 0.124. The largest absolute Gasteiger partial charge is 0.379 e. The fourth-order valence-corrected chi connectivity index (χ4v) is 3.44. The Labute approximate surface area is 118 Å². The summed E-state index contributed by atoms with van der Waals surface area (Å²) in [5.74, 6) is 0. The third-order valence-corrected chi connectivity index (χ3v) is 4.91. The maximum absolute atomic E-state index is 12.1. The van der Waals surface area contributed by atoms with Crippen LogP contribution in [0.4, 0.5) is 0 Å². The molecule has 1 saturated heterocycles. The van der Waals surface area contributed by atoms with Gasteiger partial charge in [-0.05, 0) is 12.1 Å². The summed E-state index contributed by atoms with van der Waals surface area (Å²) >= 11 is 5.89. The highest BCUT2D eigenvalue weighted by molar-refractivity contribution is 7.89. The van der Waals surface area contributed by atoms with Crippen LogP contribution in [-0.4, -0.2) is 52.7 Å². The first-order chi connectivity index (χ1) is 9.09. The van der Waals surface area contributed by atoms with E-state index in [4.69, 9.17) is 16.3 Å². The highest BCUT2D eigenvalue weighted by atomic mass is 35.5. The SMILES string of the molecule is O=S(=O)(NCCN1CCOCC1)c1ccccc1Cl. The van der Waals surface area contributed by atoms with E-state index in [-0.39, 0.29) is 9.92 Å². The zero-order chi connectivity index (χ0) is 13.7. The third kappa shape index (κ3) is 4.15. The van der Waals surface area contributed by atoms with Crippen LogP contribution in [0.1, 0.15) is 0 Å². The number of morpholine rings is 1. The average Bonchev–Trinajstić information content (AvgIpc) is 2.40. The maximum atomic E-state index is 12.1. The first-order valence-electron chi connectivity index (χ1n) is 6.14. The van der Waals surface area contributed by atoms with Gasteiger partial charge in [-0.15, -0.1) is 0 Å². The number of ether oxygens (including phenoxy) is 1. The predicted octanol–water partition coefficient (Wildman–Crippen LogP) is 0.951. The summed E-state index contributed by atoms with van der Waals surface area (Å²) in [5, 5.41) is 0.237. The first kappa shape index (κ1) is 14.7. The number of hydrogen-bond donors (Lipinski definition) is 1. The van der Waals surface area contributed by atoms with Crippen LogP contribution in [0.5, 0.6) is 0 Å². The Hall–Kier alpha value is -0.660. The van der Waals surface area contributed by atoms with E-state index in [1.54, 1.807) is 18.2 Å². The van der Waals surface area contributed by atoms with Crippen LogP contribution < -0.4 is 4.72 Å². The van der Waals surface area contributed by atoms with Gasteiger partial charge in [-0.2, -0.15) is 0 Å². The van der Waals surface area contributed by atoms with Gasteiger partial charge in [0.2, 0.25) is 10.0 Å². The van der Waals surface area contributed by atoms with Gasteiger partial charge in [0.1, 0.15) is 4.90 Å². The predicted molar refractivity (Wildman–Crippen MR) is 73.9 cm³/mol. The van der Waals surface area contributed by atoms with Gasteiger partial charge in [0, 0.05) is 26.2 Å². The molecule has 0 aliphatic carbocycles. The fourth-order valence-electron chi connectivity index (χ4n) is 1.90. The smallest absolute Gasteiger partial charge is 0.242 e. The van der Waals surface area contributed by atoms with Crippen molar-refractivity contribution in [2.75, 3.05) is 39.4 Å². The van der Waals surface area contributed by atoms with E-state index in [0.717, 1.165) is 13.1 Å². The van der Waals surface area contributed by atoms with Crippen LogP contribution in [0.3, 0.4) is 0 Å². The minimum Gasteiger partial charge on any atom is -0.379 e. The van der Waals surface area contributed by atoms with Crippen molar-refractivity contribution in [3.63, 3.8) is 0 Å². The van der Waals surface area contributed by atoms with Crippen LogP contribution in [0.15, 0.2) is 29.2 Å². The van der Waals surface area contributed by atoms with Crippen molar-refractivity contribution in [1.82, 2.24) is 9.62 Å². The molecule has 1 aliphatic heterocycles. The summed E-state index contributed by atoms with van der Waals surface area (Å²) in [4.78, 5) is 2.29. The Bertz CT molecular complexity index is 515. The lowest BCUT2D eigenvalue weighted by Crippen LogP contribution is -2.41. The summed E-state index contributed by atoms with van der Waals surface area (Å²) < 4.78 is 31.9. The molecule has 1 N–H and O–H groups in total. The van der Waals surface area contributed by atoms with Gasteiger partial charge in [0.15, 0.2) is 0 Å². The summed E-state index contributed by atoms with van der Waals surface area (Å²) in [5.41, 5.74) is 0. The molecule has 0 radical (unpaired) electrons. The van der Waals surface area contributed by atoms with Gasteiger partial charge >= 0.3 is 0 Å². The number of halogens is 1. The second kappa shape index (κ2) is 6.67. The summed E-state index contributed by atoms with van der Waals surface area (Å²) in [6, 6.07) is 6.43. The summed E-state index contributed by atoms with van der Waals surface area (Å²) in [6.07, 6.45) is 0. The van der Waals surface area contributed by atoms with Gasteiger partial charge in [-0.25, -0.2) is 13.1 Å². The third-order valence-electron chi connectivity index (χ3n) is 2.95. The lowest BCUT2D eigenvalue weighted by Gasteiger charge is -2.26. The van der Waals surface area contributed by atoms with Gasteiger partial charge < -0.3 is 4.74 Å². The molecule has 1 fully saturated rings. The minimum atomic E-state index is -3.53. The topological polar surface area (TPSA) is 58.6 Å². The molecule has 2 rings (SSSR count). The Kier molecular flexibility index (Phi) is 5.18. The molecule has 0 saturated carbocycles. The number of benzene rings is 1. The average molecular weight is 305 g/mol. The number of nitrogens with zero attached hydrogens (tertiary/aromatic N) is 1. The van der Waals surface area contributed by atoms with Crippen molar-refractivity contribution in [2.45, 2.75) is 4.90 Å². The van der Waals surface area contributed by atoms with Crippen molar-refractivity contribution in [3.05, 3.63) is 29.3 Å². The van der Waals surface area contributed by atoms with Gasteiger partial charge in [-0.3, -0.25) is 4.90 Å². The second-order valence-corrected chi connectivity index (χ2v) is 6.42. The standard InChI is InChI=1S/C12H17ClN2O3S/c13-11-3-1-2-4-12(11)19(16,17)14-5-6-15-7-9-18-10-8-15/h1-4,14H,5-10H2. The van der Waals surface area contributed by atoms with E-state index in [0.29, 0.717) is 26.3 Å². The zero-order valence-electron chi connectivity index (χ0n) is 10.5. The van der Waals surface area contributed by atoms with Crippen molar-refractivity contribution >= 4 is 21.6 Å². The van der Waals surface area contributed by atoms with Crippen LogP contribution >= 0.6 is 11.6 Å². The highest BCUT2D eigenvalue weighted by Gasteiger charge is 2.17. The van der Waals surface area contributed by atoms with E-state index in [1.165, 1.54) is 6.07 Å². The highest BCUT2D eigenvalue weighted by Crippen LogP contribution is 2.19. The Morgan fingerprint density at radius 2 is 1.95 bits per heavy atom. The van der Waals surface area contributed by atoms with Crippen LogP contribution in [0.25, 0.3) is 0 Å². The van der Waals surface area contributed by atoms with Crippen molar-refractivity contribution < 1.29 is 13.2 Å². The van der Waals surface area contributed by atoms with Gasteiger partial charge in [-0.1, -0.05) is 23.7 Å². The first-order valence-corrected chi connectivity index (χ1v) is 8.00. The van der Waals surface area contributed by atoms with E-state index in [2.05, 4.69) is 9.62 Å². The number of sulfonamides is 1. The zero-order valence-corrected chi connectivity index (χ0v) is 12.1. The molecule has 1 aromatic rings. The van der Waals surface area contributed by atoms with Gasteiger partial charge in [0.25, 0.3) is 0 Å². The Balaban J connectivity index is 1.89. The fraction of sp³-hybridized carbons (Fsp3) is 0.500. The molecule has 0 bridgehead atoms. The molecule has 7 heteroatoms. The molecular formula is C12H17ClN2O3S. The normalized spacial score (nSPS) is 17.5. The molecule has 106 valence electrons. The van der Waals surface area contributed by atoms with Crippen LogP contribution in [0, 0.1) is 0 Å². The van der Waals surface area contributed by atoms with Gasteiger partial charge in [0.05, 0.1) is 18.2 Å². The summed E-state index contributed by atoms with van der Waals surface area (Å²) in [6.45, 7) is 4.14. The molecule has 1 aromatic carbocycles. The lowest BCUT2D eigenvalue weighted by atomic mass is 10.4.